The second kappa shape index (κ2) is 14.3. The number of aliphatic carboxylic acids is 3. The van der Waals surface area contributed by atoms with E-state index in [1.54, 1.807) is 0 Å². The van der Waals surface area contributed by atoms with E-state index in [0.717, 1.165) is 6.42 Å². The zero-order chi connectivity index (χ0) is 14.4. The fourth-order valence-corrected chi connectivity index (χ4v) is 0.214. The standard InChI is InChI=1S/C4H8O2.C3H6O3.C2H4O3/c1-2-3-4(5)6;1-2(4)3(5)6;3-1-2(4)5/h2-3H2,1H3,(H,5,6);2,4H,1H3,(H,5,6);3H,1H2,(H,4,5). The van der Waals surface area contributed by atoms with Crippen molar-refractivity contribution in [3.05, 3.63) is 0 Å². The second-order valence-corrected chi connectivity index (χ2v) is 2.71. The summed E-state index contributed by atoms with van der Waals surface area (Å²) in [5.41, 5.74) is 0. The van der Waals surface area contributed by atoms with E-state index in [-0.39, 0.29) is 0 Å². The lowest BCUT2D eigenvalue weighted by atomic mass is 10.4. The van der Waals surface area contributed by atoms with Crippen molar-refractivity contribution in [2.45, 2.75) is 32.8 Å². The van der Waals surface area contributed by atoms with E-state index in [0.29, 0.717) is 6.42 Å². The summed E-state index contributed by atoms with van der Waals surface area (Å²) in [4.78, 5) is 28.2. The Balaban J connectivity index is -0.000000174. The molecule has 0 amide bonds. The van der Waals surface area contributed by atoms with E-state index in [1.807, 2.05) is 6.92 Å². The van der Waals surface area contributed by atoms with Crippen molar-refractivity contribution in [1.29, 1.82) is 0 Å². The first kappa shape index (κ1) is 20.7. The maximum atomic E-state index is 9.60. The summed E-state index contributed by atoms with van der Waals surface area (Å²) < 4.78 is 0. The fraction of sp³-hybridized carbons (Fsp3) is 0.667. The third-order valence-corrected chi connectivity index (χ3v) is 0.957. The van der Waals surface area contributed by atoms with Crippen molar-refractivity contribution in [2.24, 2.45) is 0 Å². The smallest absolute Gasteiger partial charge is 0.332 e. The average molecular weight is 254 g/mol. The van der Waals surface area contributed by atoms with Crippen LogP contribution in [0.1, 0.15) is 26.7 Å². The Bertz CT molecular complexity index is 223. The van der Waals surface area contributed by atoms with Gasteiger partial charge in [-0.15, -0.1) is 0 Å². The minimum Gasteiger partial charge on any atom is -0.481 e. The molecule has 0 bridgehead atoms. The fourth-order valence-electron chi connectivity index (χ4n) is 0.214. The molecule has 1 unspecified atom stereocenters. The summed E-state index contributed by atoms with van der Waals surface area (Å²) in [7, 11) is 0. The first-order valence-electron chi connectivity index (χ1n) is 4.64. The van der Waals surface area contributed by atoms with Gasteiger partial charge in [-0.2, -0.15) is 0 Å². The molecule has 0 aromatic heterocycles. The van der Waals surface area contributed by atoms with Crippen LogP contribution in [0.5, 0.6) is 0 Å². The molecule has 0 aliphatic heterocycles. The highest BCUT2D eigenvalue weighted by molar-refractivity contribution is 5.71. The topological polar surface area (TPSA) is 152 Å². The van der Waals surface area contributed by atoms with E-state index in [4.69, 9.17) is 30.3 Å². The number of hydrogen-bond acceptors (Lipinski definition) is 5. The highest BCUT2D eigenvalue weighted by Crippen LogP contribution is 1.82. The zero-order valence-corrected chi connectivity index (χ0v) is 9.66. The number of carbonyl (C=O) groups is 3. The largest absolute Gasteiger partial charge is 0.481 e. The summed E-state index contributed by atoms with van der Waals surface area (Å²) in [5, 5.41) is 38.7. The van der Waals surface area contributed by atoms with Crippen molar-refractivity contribution in [2.75, 3.05) is 6.61 Å². The summed E-state index contributed by atoms with van der Waals surface area (Å²) in [6.07, 6.45) is -0.208. The predicted molar refractivity (Wildman–Crippen MR) is 56.6 cm³/mol. The summed E-state index contributed by atoms with van der Waals surface area (Å²) in [6.45, 7) is 2.26. The Morgan fingerprint density at radius 1 is 1.06 bits per heavy atom. The molecule has 102 valence electrons. The van der Waals surface area contributed by atoms with E-state index >= 15 is 0 Å². The third kappa shape index (κ3) is 40.5. The zero-order valence-electron chi connectivity index (χ0n) is 9.66. The van der Waals surface area contributed by atoms with Crippen molar-refractivity contribution < 1.29 is 39.9 Å². The van der Waals surface area contributed by atoms with E-state index in [1.165, 1.54) is 6.92 Å². The molecule has 0 radical (unpaired) electrons. The molecule has 0 aromatic carbocycles. The lowest BCUT2D eigenvalue weighted by Crippen LogP contribution is -2.13. The van der Waals surface area contributed by atoms with Gasteiger partial charge < -0.3 is 25.5 Å². The van der Waals surface area contributed by atoms with Gasteiger partial charge >= 0.3 is 17.9 Å². The summed E-state index contributed by atoms with van der Waals surface area (Å²) in [6, 6.07) is 0. The Morgan fingerprint density at radius 2 is 1.35 bits per heavy atom. The van der Waals surface area contributed by atoms with Gasteiger partial charge in [-0.05, 0) is 13.3 Å². The van der Waals surface area contributed by atoms with Crippen LogP contribution in [0.3, 0.4) is 0 Å². The van der Waals surface area contributed by atoms with Gasteiger partial charge in [0.15, 0.2) is 0 Å². The van der Waals surface area contributed by atoms with E-state index < -0.39 is 30.6 Å². The van der Waals surface area contributed by atoms with Gasteiger partial charge in [0.25, 0.3) is 0 Å². The number of carboxylic acid groups (broad SMARTS) is 3. The monoisotopic (exact) mass is 254 g/mol. The second-order valence-electron chi connectivity index (χ2n) is 2.71. The molecule has 8 heteroatoms. The first-order chi connectivity index (χ1) is 7.68. The Labute approximate surface area is 98.1 Å². The van der Waals surface area contributed by atoms with Gasteiger partial charge in [-0.1, -0.05) is 6.92 Å². The molecular formula is C9H18O8. The molecule has 0 fully saturated rings. The number of hydrogen-bond donors (Lipinski definition) is 5. The highest BCUT2D eigenvalue weighted by Gasteiger charge is 2.01. The van der Waals surface area contributed by atoms with Crippen molar-refractivity contribution in [3.8, 4) is 0 Å². The lowest BCUT2D eigenvalue weighted by molar-refractivity contribution is -0.145. The first-order valence-corrected chi connectivity index (χ1v) is 4.64. The predicted octanol–water partition coefficient (Wildman–Crippen LogP) is -0.614. The molecule has 0 aliphatic rings. The molecule has 0 rings (SSSR count). The number of rotatable bonds is 4. The quantitative estimate of drug-likeness (QED) is 0.445. The maximum Gasteiger partial charge on any atom is 0.332 e. The normalized spacial score (nSPS) is 9.88. The Kier molecular flexibility index (Phi) is 17.5. The summed E-state index contributed by atoms with van der Waals surface area (Å²) >= 11 is 0. The van der Waals surface area contributed by atoms with Crippen molar-refractivity contribution in [3.63, 3.8) is 0 Å². The van der Waals surface area contributed by atoms with Crippen molar-refractivity contribution in [1.82, 2.24) is 0 Å². The van der Waals surface area contributed by atoms with Crippen LogP contribution in [-0.2, 0) is 14.4 Å². The van der Waals surface area contributed by atoms with Gasteiger partial charge in [-0.25, -0.2) is 9.59 Å². The number of carboxylic acids is 3. The number of aliphatic hydroxyl groups is 2. The van der Waals surface area contributed by atoms with Crippen LogP contribution in [-0.4, -0.2) is 56.2 Å². The van der Waals surface area contributed by atoms with Crippen LogP contribution in [0.15, 0.2) is 0 Å². The number of aliphatic hydroxyl groups excluding tert-OH is 2. The molecular weight excluding hydrogens is 236 g/mol. The van der Waals surface area contributed by atoms with Gasteiger partial charge in [0.1, 0.15) is 12.7 Å². The minimum atomic E-state index is -1.23. The molecule has 0 saturated carbocycles. The maximum absolute atomic E-state index is 9.60. The van der Waals surface area contributed by atoms with E-state index in [2.05, 4.69) is 0 Å². The van der Waals surface area contributed by atoms with Gasteiger partial charge in [-0.3, -0.25) is 4.79 Å². The van der Waals surface area contributed by atoms with Crippen LogP contribution in [0.2, 0.25) is 0 Å². The molecule has 0 saturated heterocycles. The summed E-state index contributed by atoms with van der Waals surface area (Å²) in [5.74, 6) is -3.09. The van der Waals surface area contributed by atoms with Crippen molar-refractivity contribution >= 4 is 17.9 Å². The molecule has 0 spiro atoms. The van der Waals surface area contributed by atoms with Gasteiger partial charge in [0.05, 0.1) is 0 Å². The molecule has 1 atom stereocenters. The average Bonchev–Trinajstić information content (AvgIpc) is 2.19. The Morgan fingerprint density at radius 3 is 1.35 bits per heavy atom. The molecule has 8 nitrogen and oxygen atoms in total. The molecule has 17 heavy (non-hydrogen) atoms. The van der Waals surface area contributed by atoms with Gasteiger partial charge in [0.2, 0.25) is 0 Å². The highest BCUT2D eigenvalue weighted by atomic mass is 16.4. The SMILES string of the molecule is CC(O)C(=O)O.CCCC(=O)O.O=C(O)CO. The molecule has 0 aliphatic carbocycles. The van der Waals surface area contributed by atoms with Crippen LogP contribution in [0, 0.1) is 0 Å². The molecule has 0 heterocycles. The van der Waals surface area contributed by atoms with Crippen LogP contribution in [0.25, 0.3) is 0 Å². The Hall–Kier alpha value is -1.67. The van der Waals surface area contributed by atoms with Crippen LogP contribution >= 0.6 is 0 Å². The lowest BCUT2D eigenvalue weighted by Gasteiger charge is -1.89. The molecule has 0 aromatic rings. The molecule has 5 N–H and O–H groups in total. The van der Waals surface area contributed by atoms with E-state index in [9.17, 15) is 9.59 Å². The minimum absolute atomic E-state index is 0.292. The van der Waals surface area contributed by atoms with Crippen LogP contribution < -0.4 is 0 Å². The third-order valence-electron chi connectivity index (χ3n) is 0.957. The van der Waals surface area contributed by atoms with Gasteiger partial charge in [0, 0.05) is 6.42 Å². The van der Waals surface area contributed by atoms with Crippen LogP contribution in [0.4, 0.5) is 0 Å².